The summed E-state index contributed by atoms with van der Waals surface area (Å²) in [6.07, 6.45) is -23.6. The van der Waals surface area contributed by atoms with Gasteiger partial charge in [0.25, 0.3) is 0 Å². The molecule has 20 heteroatoms. The summed E-state index contributed by atoms with van der Waals surface area (Å²) in [5.41, 5.74) is -0.0519. The molecule has 0 aliphatic carbocycles. The third-order valence-corrected chi connectivity index (χ3v) is 10.5. The van der Waals surface area contributed by atoms with E-state index >= 15 is 0 Å². The molecule has 3 aliphatic rings. The predicted molar refractivity (Wildman–Crippen MR) is 199 cm³/mol. The Morgan fingerprint density at radius 3 is 1.92 bits per heavy atom. The molecular formula is C39H50O20. The van der Waals surface area contributed by atoms with Crippen LogP contribution in [0, 0.1) is 0 Å². The lowest BCUT2D eigenvalue weighted by atomic mass is 9.97. The van der Waals surface area contributed by atoms with E-state index in [1.807, 2.05) is 0 Å². The topological polar surface area (TPSA) is 317 Å². The molecule has 11 N–H and O–H groups in total. The average Bonchev–Trinajstić information content (AvgIpc) is 3.21. The lowest BCUT2D eigenvalue weighted by Gasteiger charge is -2.45. The number of benzene rings is 2. The first-order valence-electron chi connectivity index (χ1n) is 18.8. The minimum atomic E-state index is -1.94. The Kier molecular flexibility index (Phi) is 13.9. The summed E-state index contributed by atoms with van der Waals surface area (Å²) in [6, 6.07) is 7.17. The number of hydrogen-bond donors (Lipinski definition) is 11. The number of aliphatic hydroxyl groups excluding tert-OH is 10. The first kappa shape index (κ1) is 44.6. The van der Waals surface area contributed by atoms with Crippen LogP contribution >= 0.6 is 0 Å². The molecule has 4 heterocycles. The van der Waals surface area contributed by atoms with Crippen molar-refractivity contribution in [3.05, 3.63) is 57.8 Å². The number of fused-ring (bicyclic) bond motifs is 1. The van der Waals surface area contributed by atoms with Crippen LogP contribution in [0.15, 0.2) is 51.2 Å². The molecular weight excluding hydrogens is 788 g/mol. The highest BCUT2D eigenvalue weighted by atomic mass is 16.8. The number of ether oxygens (including phenoxy) is 7. The Morgan fingerprint density at radius 1 is 0.746 bits per heavy atom. The smallest absolute Gasteiger partial charge is 0.239 e. The number of allylic oxidation sites excluding steroid dienone is 2. The Bertz CT molecular complexity index is 1990. The van der Waals surface area contributed by atoms with Gasteiger partial charge >= 0.3 is 0 Å². The number of rotatable bonds is 12. The molecule has 3 saturated heterocycles. The first-order valence-corrected chi connectivity index (χ1v) is 18.8. The molecule has 1 aromatic heterocycles. The molecule has 0 amide bonds. The largest absolute Gasteiger partial charge is 0.507 e. The fourth-order valence-electron chi connectivity index (χ4n) is 6.99. The van der Waals surface area contributed by atoms with Crippen molar-refractivity contribution >= 4 is 11.0 Å². The van der Waals surface area contributed by atoms with Gasteiger partial charge in [-0.25, -0.2) is 0 Å². The van der Waals surface area contributed by atoms with Crippen LogP contribution in [0.1, 0.15) is 26.3 Å². The number of aliphatic hydroxyl groups is 10. The van der Waals surface area contributed by atoms with Crippen LogP contribution in [0.2, 0.25) is 0 Å². The zero-order valence-electron chi connectivity index (χ0n) is 32.3. The molecule has 15 atom stereocenters. The van der Waals surface area contributed by atoms with Crippen LogP contribution in [0.4, 0.5) is 0 Å². The monoisotopic (exact) mass is 838 g/mol. The first-order chi connectivity index (χ1) is 28.0. The van der Waals surface area contributed by atoms with E-state index in [1.165, 1.54) is 26.2 Å². The maximum Gasteiger partial charge on any atom is 0.239 e. The highest BCUT2D eigenvalue weighted by molar-refractivity contribution is 5.91. The van der Waals surface area contributed by atoms with Gasteiger partial charge in [0.1, 0.15) is 89.3 Å². The Balaban J connectivity index is 1.50. The quantitative estimate of drug-likeness (QED) is 0.0870. The molecule has 6 rings (SSSR count). The lowest BCUT2D eigenvalue weighted by Crippen LogP contribution is -2.64. The van der Waals surface area contributed by atoms with E-state index in [0.29, 0.717) is 5.75 Å². The molecule has 1 unspecified atom stereocenters. The second kappa shape index (κ2) is 18.3. The van der Waals surface area contributed by atoms with E-state index < -0.39 is 128 Å². The van der Waals surface area contributed by atoms with Crippen LogP contribution in [-0.4, -0.2) is 169 Å². The van der Waals surface area contributed by atoms with Crippen molar-refractivity contribution in [2.75, 3.05) is 20.3 Å². The molecule has 0 saturated carbocycles. The zero-order chi connectivity index (χ0) is 43.0. The standard InChI is InChI=1S/C39H50O20/c1-14(2)5-10-18-20(54-37-31(50)28(47)25(44)21(12-40)55-37)11-19(42)23-27(46)35(33(57-34(18)23)16-6-8-17(52-4)9-7-16)58-39-36(30(49)24(43)15(3)53-39)59-38-32(51)29(48)26(45)22(13-41)56-38/h5-9,11,15,21-22,24-26,28-32,36-45,47-51H,10,12-13H2,1-4H3/t15-,21+,22+,24-,25+,26+,28-,29-,30+,31+,32+,36+,37+,38-,39?/m0/s1. The molecule has 3 aliphatic heterocycles. The molecule has 0 bridgehead atoms. The molecule has 59 heavy (non-hydrogen) atoms. The van der Waals surface area contributed by atoms with E-state index in [4.69, 9.17) is 37.6 Å². The van der Waals surface area contributed by atoms with Gasteiger partial charge in [-0.1, -0.05) is 11.6 Å². The van der Waals surface area contributed by atoms with Crippen molar-refractivity contribution in [3.8, 4) is 34.3 Å². The highest BCUT2D eigenvalue weighted by Crippen LogP contribution is 2.42. The second-order valence-electron chi connectivity index (χ2n) is 14.8. The third-order valence-electron chi connectivity index (χ3n) is 10.5. The average molecular weight is 839 g/mol. The maximum atomic E-state index is 14.7. The van der Waals surface area contributed by atoms with E-state index in [2.05, 4.69) is 0 Å². The molecule has 0 spiro atoms. The van der Waals surface area contributed by atoms with Crippen molar-refractivity contribution in [1.82, 2.24) is 0 Å². The Morgan fingerprint density at radius 2 is 1.34 bits per heavy atom. The van der Waals surface area contributed by atoms with Gasteiger partial charge in [-0.15, -0.1) is 0 Å². The summed E-state index contributed by atoms with van der Waals surface area (Å²) in [7, 11) is 1.44. The van der Waals surface area contributed by atoms with Gasteiger partial charge in [-0.2, -0.15) is 0 Å². The summed E-state index contributed by atoms with van der Waals surface area (Å²) < 4.78 is 46.6. The van der Waals surface area contributed by atoms with Crippen LogP contribution in [0.25, 0.3) is 22.3 Å². The fourth-order valence-corrected chi connectivity index (χ4v) is 6.99. The second-order valence-corrected chi connectivity index (χ2v) is 14.8. The van der Waals surface area contributed by atoms with Crippen molar-refractivity contribution < 1.29 is 93.7 Å². The lowest BCUT2D eigenvalue weighted by molar-refractivity contribution is -0.355. The van der Waals surface area contributed by atoms with E-state index in [1.54, 1.807) is 32.1 Å². The fraction of sp³-hybridized carbons (Fsp3) is 0.564. The highest BCUT2D eigenvalue weighted by Gasteiger charge is 2.51. The van der Waals surface area contributed by atoms with Gasteiger partial charge in [0.2, 0.25) is 23.8 Å². The van der Waals surface area contributed by atoms with Crippen LogP contribution in [-0.2, 0) is 25.4 Å². The van der Waals surface area contributed by atoms with Crippen molar-refractivity contribution in [3.63, 3.8) is 0 Å². The van der Waals surface area contributed by atoms with Crippen LogP contribution in [0.5, 0.6) is 23.0 Å². The van der Waals surface area contributed by atoms with Gasteiger partial charge in [0.15, 0.2) is 18.2 Å². The van der Waals surface area contributed by atoms with Crippen molar-refractivity contribution in [2.24, 2.45) is 0 Å². The molecule has 2 aromatic carbocycles. The van der Waals surface area contributed by atoms with E-state index in [-0.39, 0.29) is 34.6 Å². The van der Waals surface area contributed by atoms with Crippen LogP contribution < -0.4 is 19.6 Å². The maximum absolute atomic E-state index is 14.7. The molecule has 3 fully saturated rings. The van der Waals surface area contributed by atoms with E-state index in [0.717, 1.165) is 11.6 Å². The summed E-state index contributed by atoms with van der Waals surface area (Å²) >= 11 is 0. The predicted octanol–water partition coefficient (Wildman–Crippen LogP) is -2.11. The normalized spacial score (nSPS) is 35.0. The van der Waals surface area contributed by atoms with Gasteiger partial charge in [0.05, 0.1) is 26.4 Å². The summed E-state index contributed by atoms with van der Waals surface area (Å²) in [4.78, 5) is 14.7. The minimum absolute atomic E-state index is 0.000587. The van der Waals surface area contributed by atoms with Gasteiger partial charge in [0, 0.05) is 17.2 Å². The van der Waals surface area contributed by atoms with Gasteiger partial charge in [-0.05, 0) is 51.5 Å². The molecule has 3 aromatic rings. The zero-order valence-corrected chi connectivity index (χ0v) is 32.3. The molecule has 326 valence electrons. The Hall–Kier alpha value is -3.97. The number of methoxy groups -OCH3 is 1. The summed E-state index contributed by atoms with van der Waals surface area (Å²) in [5, 5.41) is 115. The summed E-state index contributed by atoms with van der Waals surface area (Å²) in [5.74, 6) is -1.34. The number of aromatic hydroxyl groups is 1. The van der Waals surface area contributed by atoms with Gasteiger partial charge < -0.3 is 93.7 Å². The summed E-state index contributed by atoms with van der Waals surface area (Å²) in [6.45, 7) is 3.44. The third kappa shape index (κ3) is 8.79. The number of phenolic OH excluding ortho intramolecular Hbond substituents is 1. The number of phenols is 1. The SMILES string of the molecule is COc1ccc(-c2oc3c(CC=C(C)C)c(O[C@@H]4O[C@H](CO)[C@@H](O)[C@H](O)[C@H]4O)cc(O)c3c(=O)c2OC2O[C@@H](C)[C@H](O)[C@@H](O)[C@H]2O[C@@H]2O[C@H](CO)[C@@H](O)[C@H](O)[C@H]2O)cc1. The number of hydrogen-bond acceptors (Lipinski definition) is 20. The van der Waals surface area contributed by atoms with Crippen molar-refractivity contribution in [1.29, 1.82) is 0 Å². The molecule has 0 radical (unpaired) electrons. The van der Waals surface area contributed by atoms with Gasteiger partial charge in [-0.3, -0.25) is 4.79 Å². The minimum Gasteiger partial charge on any atom is -0.507 e. The van der Waals surface area contributed by atoms with E-state index in [9.17, 15) is 61.0 Å². The Labute approximate surface area is 336 Å². The molecule has 20 nitrogen and oxygen atoms in total. The van der Waals surface area contributed by atoms with Crippen LogP contribution in [0.3, 0.4) is 0 Å². The van der Waals surface area contributed by atoms with Crippen molar-refractivity contribution in [2.45, 2.75) is 119 Å².